The van der Waals surface area contributed by atoms with E-state index < -0.39 is 5.91 Å². The fourth-order valence-electron chi connectivity index (χ4n) is 1.54. The van der Waals surface area contributed by atoms with Crippen LogP contribution in [0.4, 0.5) is 5.82 Å². The summed E-state index contributed by atoms with van der Waals surface area (Å²) in [7, 11) is 0. The molecule has 0 aliphatic carbocycles. The van der Waals surface area contributed by atoms with E-state index in [4.69, 9.17) is 0 Å². The molecule has 1 amide bonds. The van der Waals surface area contributed by atoms with Crippen LogP contribution in [0, 0.1) is 0 Å². The van der Waals surface area contributed by atoms with Gasteiger partial charge in [-0.2, -0.15) is 0 Å². The van der Waals surface area contributed by atoms with Crippen molar-refractivity contribution in [1.82, 2.24) is 29.5 Å². The fourth-order valence-corrected chi connectivity index (χ4v) is 1.54. The molecule has 0 radical (unpaired) electrons. The van der Waals surface area contributed by atoms with Crippen LogP contribution in [0.1, 0.15) is 10.6 Å². The van der Waals surface area contributed by atoms with E-state index in [1.807, 2.05) is 0 Å². The topological polar surface area (TPSA) is 98.5 Å². The highest BCUT2D eigenvalue weighted by Gasteiger charge is 2.10. The highest BCUT2D eigenvalue weighted by molar-refractivity contribution is 6.00. The molecular formula is C12H9N7O. The molecular weight excluding hydrogens is 258 g/mol. The van der Waals surface area contributed by atoms with Crippen molar-refractivity contribution in [2.45, 2.75) is 0 Å². The first-order valence-corrected chi connectivity index (χ1v) is 5.72. The molecule has 0 spiro atoms. The van der Waals surface area contributed by atoms with Gasteiger partial charge in [-0.15, -0.1) is 0 Å². The minimum Gasteiger partial charge on any atom is -0.304 e. The highest BCUT2D eigenvalue weighted by atomic mass is 16.2. The first-order chi connectivity index (χ1) is 9.83. The number of anilines is 1. The van der Waals surface area contributed by atoms with E-state index in [-0.39, 0.29) is 5.82 Å². The Labute approximate surface area is 113 Å². The van der Waals surface area contributed by atoms with Crippen LogP contribution >= 0.6 is 0 Å². The lowest BCUT2D eigenvalue weighted by atomic mass is 10.4. The molecule has 3 heterocycles. The molecule has 8 heteroatoms. The van der Waals surface area contributed by atoms with E-state index in [9.17, 15) is 4.79 Å². The lowest BCUT2D eigenvalue weighted by Gasteiger charge is -2.05. The third-order valence-electron chi connectivity index (χ3n) is 2.43. The van der Waals surface area contributed by atoms with Crippen molar-refractivity contribution in [1.29, 1.82) is 0 Å². The molecule has 20 heavy (non-hydrogen) atoms. The van der Waals surface area contributed by atoms with Gasteiger partial charge in [0.25, 0.3) is 5.91 Å². The molecule has 3 aromatic heterocycles. The van der Waals surface area contributed by atoms with Crippen molar-refractivity contribution in [2.75, 3.05) is 5.32 Å². The zero-order chi connectivity index (χ0) is 13.8. The van der Waals surface area contributed by atoms with Crippen molar-refractivity contribution in [2.24, 2.45) is 0 Å². The molecule has 1 N–H and O–H groups in total. The molecule has 0 atom stereocenters. The number of carbonyl (C=O) groups is 1. The van der Waals surface area contributed by atoms with Gasteiger partial charge in [0, 0.05) is 30.9 Å². The van der Waals surface area contributed by atoms with E-state index in [1.165, 1.54) is 18.7 Å². The summed E-state index contributed by atoms with van der Waals surface area (Å²) in [6.45, 7) is 0. The molecule has 3 aromatic rings. The molecule has 0 saturated heterocycles. The lowest BCUT2D eigenvalue weighted by Crippen LogP contribution is -2.16. The van der Waals surface area contributed by atoms with Gasteiger partial charge in [-0.3, -0.25) is 9.36 Å². The van der Waals surface area contributed by atoms with Crippen molar-refractivity contribution in [3.8, 4) is 5.82 Å². The van der Waals surface area contributed by atoms with Crippen LogP contribution in [-0.4, -0.2) is 35.4 Å². The van der Waals surface area contributed by atoms with Crippen LogP contribution in [0.5, 0.6) is 0 Å². The largest absolute Gasteiger partial charge is 0.304 e. The Balaban J connectivity index is 1.82. The number of aromatic nitrogens is 6. The van der Waals surface area contributed by atoms with Gasteiger partial charge < -0.3 is 5.32 Å². The first kappa shape index (κ1) is 11.9. The summed E-state index contributed by atoms with van der Waals surface area (Å²) in [5.41, 5.74) is 0. The minimum atomic E-state index is -0.430. The number of rotatable bonds is 3. The zero-order valence-corrected chi connectivity index (χ0v) is 10.2. The smallest absolute Gasteiger partial charge is 0.294 e. The van der Waals surface area contributed by atoms with Gasteiger partial charge >= 0.3 is 0 Å². The Morgan fingerprint density at radius 3 is 2.70 bits per heavy atom. The molecule has 0 unspecified atom stereocenters. The summed E-state index contributed by atoms with van der Waals surface area (Å²) in [5, 5.41) is 2.61. The maximum absolute atomic E-state index is 11.9. The van der Waals surface area contributed by atoms with E-state index in [0.29, 0.717) is 11.6 Å². The summed E-state index contributed by atoms with van der Waals surface area (Å²) < 4.78 is 1.70. The average molecular weight is 267 g/mol. The second kappa shape index (κ2) is 5.22. The molecule has 0 aliphatic rings. The Morgan fingerprint density at radius 2 is 1.95 bits per heavy atom. The lowest BCUT2D eigenvalue weighted by molar-refractivity contribution is 0.101. The number of hydrogen-bond donors (Lipinski definition) is 1. The third kappa shape index (κ3) is 2.48. The number of amides is 1. The Kier molecular flexibility index (Phi) is 3.11. The van der Waals surface area contributed by atoms with E-state index in [1.54, 1.807) is 35.4 Å². The van der Waals surface area contributed by atoms with Crippen LogP contribution in [0.3, 0.4) is 0 Å². The van der Waals surface area contributed by atoms with Crippen LogP contribution in [0.2, 0.25) is 0 Å². The number of imidazole rings is 1. The zero-order valence-electron chi connectivity index (χ0n) is 10.2. The molecule has 0 bridgehead atoms. The van der Waals surface area contributed by atoms with Gasteiger partial charge in [0.15, 0.2) is 0 Å². The Hall–Kier alpha value is -3.16. The van der Waals surface area contributed by atoms with Crippen LogP contribution in [-0.2, 0) is 0 Å². The van der Waals surface area contributed by atoms with E-state index in [0.717, 1.165) is 0 Å². The predicted octanol–water partition coefficient (Wildman–Crippen LogP) is 0.705. The SMILES string of the molecule is O=C(Nc1cc(-n2ccnc2)ncn1)c1ncccn1. The maximum Gasteiger partial charge on any atom is 0.294 e. The fraction of sp³-hybridized carbons (Fsp3) is 0. The molecule has 3 rings (SSSR count). The van der Waals surface area contributed by atoms with Gasteiger partial charge in [0.1, 0.15) is 24.3 Å². The molecule has 0 saturated carbocycles. The van der Waals surface area contributed by atoms with Crippen LogP contribution in [0.25, 0.3) is 5.82 Å². The number of nitrogens with one attached hydrogen (secondary N) is 1. The van der Waals surface area contributed by atoms with E-state index >= 15 is 0 Å². The molecule has 98 valence electrons. The minimum absolute atomic E-state index is 0.0790. The summed E-state index contributed by atoms with van der Waals surface area (Å²) in [6.07, 6.45) is 9.34. The summed E-state index contributed by atoms with van der Waals surface area (Å²) in [6, 6.07) is 3.27. The highest BCUT2D eigenvalue weighted by Crippen LogP contribution is 2.09. The van der Waals surface area contributed by atoms with Crippen LogP contribution < -0.4 is 5.32 Å². The van der Waals surface area contributed by atoms with Crippen molar-refractivity contribution in [3.63, 3.8) is 0 Å². The number of nitrogens with zero attached hydrogens (tertiary/aromatic N) is 6. The number of hydrogen-bond acceptors (Lipinski definition) is 6. The molecule has 0 fully saturated rings. The Morgan fingerprint density at radius 1 is 1.10 bits per heavy atom. The third-order valence-corrected chi connectivity index (χ3v) is 2.43. The summed E-state index contributed by atoms with van der Waals surface area (Å²) in [5.74, 6) is 0.610. The molecule has 0 aromatic carbocycles. The Bertz CT molecular complexity index is 712. The van der Waals surface area contributed by atoms with Crippen molar-refractivity contribution < 1.29 is 4.79 Å². The average Bonchev–Trinajstić information content (AvgIpc) is 3.03. The second-order valence-corrected chi connectivity index (χ2v) is 3.76. The van der Waals surface area contributed by atoms with Gasteiger partial charge in [-0.25, -0.2) is 24.9 Å². The first-order valence-electron chi connectivity index (χ1n) is 5.72. The summed E-state index contributed by atoms with van der Waals surface area (Å²) in [4.78, 5) is 31.6. The van der Waals surface area contributed by atoms with Crippen molar-refractivity contribution >= 4 is 11.7 Å². The van der Waals surface area contributed by atoms with Gasteiger partial charge in [-0.1, -0.05) is 0 Å². The van der Waals surface area contributed by atoms with Crippen LogP contribution in [0.15, 0.2) is 49.6 Å². The second-order valence-electron chi connectivity index (χ2n) is 3.76. The van der Waals surface area contributed by atoms with Gasteiger partial charge in [-0.05, 0) is 6.07 Å². The normalized spacial score (nSPS) is 10.2. The monoisotopic (exact) mass is 267 g/mol. The van der Waals surface area contributed by atoms with E-state index in [2.05, 4.69) is 30.2 Å². The van der Waals surface area contributed by atoms with Crippen molar-refractivity contribution in [3.05, 3.63) is 55.4 Å². The predicted molar refractivity (Wildman–Crippen MR) is 69.1 cm³/mol. The molecule has 0 aliphatic heterocycles. The summed E-state index contributed by atoms with van der Waals surface area (Å²) >= 11 is 0. The standard InChI is InChI=1S/C12H9N7O/c20-12(11-14-2-1-3-15-11)18-9-6-10(17-7-16-9)19-5-4-13-8-19/h1-8H,(H,16,17,18,20). The van der Waals surface area contributed by atoms with Gasteiger partial charge in [0.2, 0.25) is 5.82 Å². The van der Waals surface area contributed by atoms with Gasteiger partial charge in [0.05, 0.1) is 0 Å². The quantitative estimate of drug-likeness (QED) is 0.750. The molecule has 8 nitrogen and oxygen atoms in total. The maximum atomic E-state index is 11.9. The number of carbonyl (C=O) groups excluding carboxylic acids is 1.